The summed E-state index contributed by atoms with van der Waals surface area (Å²) in [5.74, 6) is 0.343. The van der Waals surface area contributed by atoms with E-state index in [4.69, 9.17) is 0 Å². The fourth-order valence-corrected chi connectivity index (χ4v) is 4.07. The van der Waals surface area contributed by atoms with Crippen molar-refractivity contribution in [3.05, 3.63) is 84.2 Å². The molecule has 166 valence electrons. The van der Waals surface area contributed by atoms with E-state index in [1.807, 2.05) is 75.4 Å². The maximum atomic E-state index is 12.6. The van der Waals surface area contributed by atoms with Crippen LogP contribution < -0.4 is 0 Å². The lowest BCUT2D eigenvalue weighted by molar-refractivity contribution is -0.139. The van der Waals surface area contributed by atoms with E-state index < -0.39 is 0 Å². The summed E-state index contributed by atoms with van der Waals surface area (Å²) < 4.78 is 1.84. The van der Waals surface area contributed by atoms with E-state index in [-0.39, 0.29) is 11.8 Å². The van der Waals surface area contributed by atoms with E-state index in [2.05, 4.69) is 17.2 Å². The van der Waals surface area contributed by atoms with Crippen LogP contribution in [-0.4, -0.2) is 57.6 Å². The van der Waals surface area contributed by atoms with Gasteiger partial charge < -0.3 is 9.80 Å². The van der Waals surface area contributed by atoms with Gasteiger partial charge in [-0.1, -0.05) is 48.5 Å². The van der Waals surface area contributed by atoms with Gasteiger partial charge in [0.15, 0.2) is 0 Å². The quantitative estimate of drug-likeness (QED) is 0.550. The summed E-state index contributed by atoms with van der Waals surface area (Å²) >= 11 is 0. The summed E-state index contributed by atoms with van der Waals surface area (Å²) in [4.78, 5) is 28.9. The molecule has 1 aliphatic rings. The lowest BCUT2D eigenvalue weighted by Gasteiger charge is -2.35. The molecule has 1 fully saturated rings. The van der Waals surface area contributed by atoms with Crippen LogP contribution >= 0.6 is 0 Å². The van der Waals surface area contributed by atoms with Gasteiger partial charge in [0.25, 0.3) is 0 Å². The highest BCUT2D eigenvalue weighted by atomic mass is 16.2. The van der Waals surface area contributed by atoms with Crippen LogP contribution in [0, 0.1) is 0 Å². The molecule has 1 saturated heterocycles. The maximum absolute atomic E-state index is 12.6. The monoisotopic (exact) mass is 430 g/mol. The van der Waals surface area contributed by atoms with Gasteiger partial charge >= 0.3 is 0 Å². The maximum Gasteiger partial charge on any atom is 0.223 e. The third-order valence-corrected chi connectivity index (χ3v) is 5.97. The Morgan fingerprint density at radius 3 is 1.97 bits per heavy atom. The Balaban J connectivity index is 1.17. The average molecular weight is 431 g/mol. The molecule has 0 atom stereocenters. The Bertz CT molecular complexity index is 1010. The minimum Gasteiger partial charge on any atom is -0.339 e. The molecule has 4 rings (SSSR count). The van der Waals surface area contributed by atoms with Gasteiger partial charge in [-0.15, -0.1) is 0 Å². The lowest BCUT2D eigenvalue weighted by Crippen LogP contribution is -2.50. The van der Waals surface area contributed by atoms with Crippen LogP contribution in [0.25, 0.3) is 5.69 Å². The van der Waals surface area contributed by atoms with Crippen molar-refractivity contribution in [2.75, 3.05) is 26.2 Å². The Morgan fingerprint density at radius 1 is 0.719 bits per heavy atom. The molecule has 1 aromatic heterocycles. The van der Waals surface area contributed by atoms with E-state index in [0.717, 1.165) is 24.1 Å². The number of aryl methyl sites for hydroxylation is 2. The first-order valence-corrected chi connectivity index (χ1v) is 11.4. The highest BCUT2D eigenvalue weighted by molar-refractivity contribution is 5.78. The van der Waals surface area contributed by atoms with Crippen LogP contribution in [0.15, 0.2) is 73.1 Å². The molecule has 2 amide bonds. The van der Waals surface area contributed by atoms with Crippen LogP contribution in [0.4, 0.5) is 0 Å². The molecular weight excluding hydrogens is 400 g/mol. The van der Waals surface area contributed by atoms with E-state index in [9.17, 15) is 9.59 Å². The highest BCUT2D eigenvalue weighted by Gasteiger charge is 2.23. The Kier molecular flexibility index (Phi) is 7.33. The molecule has 0 unspecified atom stereocenters. The van der Waals surface area contributed by atoms with E-state index in [0.29, 0.717) is 45.4 Å². The number of rotatable bonds is 8. The van der Waals surface area contributed by atoms with Crippen molar-refractivity contribution in [1.29, 1.82) is 0 Å². The lowest BCUT2D eigenvalue weighted by atomic mass is 10.1. The van der Waals surface area contributed by atoms with Gasteiger partial charge in [-0.3, -0.25) is 9.59 Å². The zero-order chi connectivity index (χ0) is 22.2. The summed E-state index contributed by atoms with van der Waals surface area (Å²) in [6, 6.07) is 20.2. The Labute approximate surface area is 189 Å². The number of hydrogen-bond donors (Lipinski definition) is 0. The first kappa shape index (κ1) is 21.8. The second kappa shape index (κ2) is 10.8. The Hall–Kier alpha value is -3.41. The third-order valence-electron chi connectivity index (χ3n) is 5.97. The number of para-hydroxylation sites is 1. The number of carbonyl (C=O) groups excluding carboxylic acids is 2. The molecule has 2 heterocycles. The fraction of sp³-hybridized carbons (Fsp3) is 0.346. The van der Waals surface area contributed by atoms with E-state index in [1.165, 1.54) is 5.56 Å². The molecule has 2 aromatic carbocycles. The van der Waals surface area contributed by atoms with Gasteiger partial charge in [0.2, 0.25) is 11.8 Å². The van der Waals surface area contributed by atoms with Crippen molar-refractivity contribution in [1.82, 2.24) is 19.6 Å². The molecule has 0 radical (unpaired) electrons. The average Bonchev–Trinajstić information content (AvgIpc) is 3.33. The smallest absolute Gasteiger partial charge is 0.223 e. The number of carbonyl (C=O) groups is 2. The van der Waals surface area contributed by atoms with E-state index in [1.54, 1.807) is 0 Å². The zero-order valence-corrected chi connectivity index (χ0v) is 18.4. The molecule has 3 aromatic rings. The molecule has 0 bridgehead atoms. The minimum absolute atomic E-state index is 0.147. The number of nitrogens with zero attached hydrogens (tertiary/aromatic N) is 4. The highest BCUT2D eigenvalue weighted by Crippen LogP contribution is 2.12. The van der Waals surface area contributed by atoms with Gasteiger partial charge in [-0.25, -0.2) is 4.68 Å². The van der Waals surface area contributed by atoms with Crippen LogP contribution in [0.5, 0.6) is 0 Å². The summed E-state index contributed by atoms with van der Waals surface area (Å²) in [6.45, 7) is 2.49. The van der Waals surface area contributed by atoms with Crippen LogP contribution in [0.1, 0.15) is 30.4 Å². The molecule has 32 heavy (non-hydrogen) atoms. The summed E-state index contributed by atoms with van der Waals surface area (Å²) in [5.41, 5.74) is 3.33. The molecule has 6 nitrogen and oxygen atoms in total. The second-order valence-electron chi connectivity index (χ2n) is 8.23. The zero-order valence-electron chi connectivity index (χ0n) is 18.4. The van der Waals surface area contributed by atoms with Gasteiger partial charge in [0.05, 0.1) is 11.9 Å². The first-order chi connectivity index (χ1) is 15.7. The van der Waals surface area contributed by atoms with Gasteiger partial charge in [0, 0.05) is 45.2 Å². The van der Waals surface area contributed by atoms with E-state index >= 15 is 0 Å². The van der Waals surface area contributed by atoms with Gasteiger partial charge in [-0.2, -0.15) is 5.10 Å². The number of hydrogen-bond acceptors (Lipinski definition) is 3. The minimum atomic E-state index is 0.147. The number of aromatic nitrogens is 2. The largest absolute Gasteiger partial charge is 0.339 e. The second-order valence-corrected chi connectivity index (χ2v) is 8.23. The van der Waals surface area contributed by atoms with Crippen LogP contribution in [0.2, 0.25) is 0 Å². The first-order valence-electron chi connectivity index (χ1n) is 11.4. The predicted octanol–water partition coefficient (Wildman–Crippen LogP) is 3.50. The van der Waals surface area contributed by atoms with Crippen molar-refractivity contribution in [2.45, 2.75) is 32.1 Å². The van der Waals surface area contributed by atoms with Crippen LogP contribution in [-0.2, 0) is 22.4 Å². The molecular formula is C26H30N4O2. The van der Waals surface area contributed by atoms with Crippen molar-refractivity contribution in [3.63, 3.8) is 0 Å². The topological polar surface area (TPSA) is 58.4 Å². The molecule has 1 aliphatic heterocycles. The summed E-state index contributed by atoms with van der Waals surface area (Å²) in [6.07, 6.45) is 7.29. The van der Waals surface area contributed by atoms with Crippen molar-refractivity contribution >= 4 is 11.8 Å². The number of benzene rings is 2. The third kappa shape index (κ3) is 5.84. The normalized spacial score (nSPS) is 13.9. The Morgan fingerprint density at radius 2 is 1.31 bits per heavy atom. The standard InChI is InChI=1S/C26H30N4O2/c31-25(13-7-10-22-8-3-1-4-9-22)28-16-18-29(19-17-28)26(32)15-14-23-20-27-30(21-23)24-11-5-2-6-12-24/h1-6,8-9,11-12,20-21H,7,10,13-19H2. The predicted molar refractivity (Wildman–Crippen MR) is 124 cm³/mol. The van der Waals surface area contributed by atoms with Crippen molar-refractivity contribution in [2.24, 2.45) is 0 Å². The van der Waals surface area contributed by atoms with Crippen molar-refractivity contribution in [3.8, 4) is 5.69 Å². The number of amides is 2. The summed E-state index contributed by atoms with van der Waals surface area (Å²) in [5, 5.41) is 4.40. The summed E-state index contributed by atoms with van der Waals surface area (Å²) in [7, 11) is 0. The molecule has 0 saturated carbocycles. The van der Waals surface area contributed by atoms with Gasteiger partial charge in [-0.05, 0) is 42.5 Å². The number of piperazine rings is 1. The van der Waals surface area contributed by atoms with Gasteiger partial charge in [0.1, 0.15) is 0 Å². The molecule has 0 aliphatic carbocycles. The van der Waals surface area contributed by atoms with Crippen LogP contribution in [0.3, 0.4) is 0 Å². The molecule has 0 spiro atoms. The van der Waals surface area contributed by atoms with Crippen molar-refractivity contribution < 1.29 is 9.59 Å². The molecule has 0 N–H and O–H groups in total. The molecule has 6 heteroatoms. The SMILES string of the molecule is O=C(CCCc1ccccc1)N1CCN(C(=O)CCc2cnn(-c3ccccc3)c2)CC1. The fourth-order valence-electron chi connectivity index (χ4n) is 4.07.